The van der Waals surface area contributed by atoms with Crippen molar-refractivity contribution < 1.29 is 14.6 Å². The number of aromatic hydroxyl groups is 1. The van der Waals surface area contributed by atoms with Crippen LogP contribution in [-0.2, 0) is 0 Å². The van der Waals surface area contributed by atoms with Crippen molar-refractivity contribution in [2.75, 3.05) is 0 Å². The molecule has 4 N–H and O–H groups in total. The summed E-state index contributed by atoms with van der Waals surface area (Å²) in [4.78, 5) is 0. The summed E-state index contributed by atoms with van der Waals surface area (Å²) in [5.74, 6) is -1.14. The van der Waals surface area contributed by atoms with Crippen LogP contribution < -0.4 is 5.73 Å². The van der Waals surface area contributed by atoms with Gasteiger partial charge in [-0.2, -0.15) is 0 Å². The van der Waals surface area contributed by atoms with Crippen LogP contribution in [-0.4, -0.2) is 16.3 Å². The summed E-state index contributed by atoms with van der Waals surface area (Å²) in [7, 11) is 0. The number of hydrogen-bond acceptors (Lipinski definition) is 3. The molecule has 0 aliphatic rings. The Morgan fingerprint density at radius 2 is 2.08 bits per heavy atom. The number of phenolic OH excluding ortho intramolecular Hbond substituents is 1. The van der Waals surface area contributed by atoms with Gasteiger partial charge >= 0.3 is 0 Å². The molecule has 3 nitrogen and oxygen atoms in total. The van der Waals surface area contributed by atoms with E-state index in [4.69, 9.17) is 15.9 Å². The summed E-state index contributed by atoms with van der Waals surface area (Å²) in [5, 5.41) is 18.0. The first-order valence-electron chi connectivity index (χ1n) is 3.94. The minimum Gasteiger partial charge on any atom is -0.505 e. The van der Waals surface area contributed by atoms with Crippen LogP contribution in [0.1, 0.15) is 18.5 Å². The second-order valence-corrected chi connectivity index (χ2v) is 2.98. The van der Waals surface area contributed by atoms with Gasteiger partial charge in [-0.15, -0.1) is 0 Å². The zero-order chi connectivity index (χ0) is 10.0. The second kappa shape index (κ2) is 3.72. The van der Waals surface area contributed by atoms with Crippen molar-refractivity contribution in [2.45, 2.75) is 19.1 Å². The van der Waals surface area contributed by atoms with E-state index in [1.807, 2.05) is 0 Å². The van der Waals surface area contributed by atoms with Crippen LogP contribution in [0.15, 0.2) is 18.2 Å². The lowest BCUT2D eigenvalue weighted by Crippen LogP contribution is -2.23. The molecule has 0 fully saturated rings. The van der Waals surface area contributed by atoms with Crippen molar-refractivity contribution >= 4 is 0 Å². The van der Waals surface area contributed by atoms with Crippen LogP contribution in [0.5, 0.6) is 5.75 Å². The van der Waals surface area contributed by atoms with Crippen molar-refractivity contribution in [3.63, 3.8) is 0 Å². The van der Waals surface area contributed by atoms with E-state index in [-0.39, 0.29) is 0 Å². The topological polar surface area (TPSA) is 66.5 Å². The van der Waals surface area contributed by atoms with Crippen LogP contribution >= 0.6 is 0 Å². The average Bonchev–Trinajstić information content (AvgIpc) is 2.08. The number of phenols is 1. The van der Waals surface area contributed by atoms with Crippen molar-refractivity contribution in [3.8, 4) is 5.75 Å². The van der Waals surface area contributed by atoms with E-state index >= 15 is 0 Å². The van der Waals surface area contributed by atoms with Gasteiger partial charge in [0.05, 0.1) is 12.1 Å². The smallest absolute Gasteiger partial charge is 0.165 e. The Labute approximate surface area is 75.6 Å². The molecule has 2 atom stereocenters. The third-order valence-corrected chi connectivity index (χ3v) is 1.88. The van der Waals surface area contributed by atoms with E-state index in [9.17, 15) is 4.39 Å². The molecule has 0 radical (unpaired) electrons. The maximum Gasteiger partial charge on any atom is 0.165 e. The fraction of sp³-hybridized carbons (Fsp3) is 0.333. The van der Waals surface area contributed by atoms with E-state index in [0.29, 0.717) is 5.56 Å². The number of nitrogens with two attached hydrogens (primary N) is 1. The van der Waals surface area contributed by atoms with Crippen molar-refractivity contribution in [1.82, 2.24) is 0 Å². The van der Waals surface area contributed by atoms with E-state index in [0.717, 1.165) is 6.07 Å². The molecule has 0 bridgehead atoms. The van der Waals surface area contributed by atoms with Crippen LogP contribution in [0.4, 0.5) is 4.39 Å². The minimum absolute atomic E-state index is 0.415. The summed E-state index contributed by atoms with van der Waals surface area (Å²) >= 11 is 0. The minimum atomic E-state index is -0.746. The zero-order valence-electron chi connectivity index (χ0n) is 7.24. The van der Waals surface area contributed by atoms with Crippen LogP contribution in [0.2, 0.25) is 0 Å². The van der Waals surface area contributed by atoms with Gasteiger partial charge in [0, 0.05) is 0 Å². The molecule has 13 heavy (non-hydrogen) atoms. The largest absolute Gasteiger partial charge is 0.505 e. The monoisotopic (exact) mass is 185 g/mol. The number of benzene rings is 1. The lowest BCUT2D eigenvalue weighted by molar-refractivity contribution is 0.164. The van der Waals surface area contributed by atoms with Crippen LogP contribution in [0.3, 0.4) is 0 Å². The van der Waals surface area contributed by atoms with Gasteiger partial charge in [-0.3, -0.25) is 0 Å². The normalized spacial score (nSPS) is 15.4. The molecule has 0 spiro atoms. The Morgan fingerprint density at radius 3 is 2.54 bits per heavy atom. The molecule has 1 unspecified atom stereocenters. The molecule has 72 valence electrons. The standard InChI is InChI=1S/C9H12FNO2/c1-5(12)9(11)6-2-3-8(13)7(10)4-6/h2-5,9,12-13H,11H2,1H3/t5?,9-/m0/s1. The number of aliphatic hydroxyl groups is 1. The van der Waals surface area contributed by atoms with Crippen molar-refractivity contribution in [2.24, 2.45) is 5.73 Å². The van der Waals surface area contributed by atoms with Gasteiger partial charge < -0.3 is 15.9 Å². The highest BCUT2D eigenvalue weighted by atomic mass is 19.1. The molecule has 0 heterocycles. The fourth-order valence-electron chi connectivity index (χ4n) is 1.01. The molecule has 0 aliphatic carbocycles. The second-order valence-electron chi connectivity index (χ2n) is 2.98. The van der Waals surface area contributed by atoms with E-state index in [1.54, 1.807) is 0 Å². The summed E-state index contributed by atoms with van der Waals surface area (Å²) in [6.07, 6.45) is -0.746. The van der Waals surface area contributed by atoms with Crippen molar-refractivity contribution in [3.05, 3.63) is 29.6 Å². The third kappa shape index (κ3) is 2.17. The molecule has 4 heteroatoms. The number of hydrogen-bond donors (Lipinski definition) is 3. The molecule has 0 aromatic heterocycles. The predicted octanol–water partition coefficient (Wildman–Crippen LogP) is 0.912. The fourth-order valence-corrected chi connectivity index (χ4v) is 1.01. The van der Waals surface area contributed by atoms with E-state index < -0.39 is 23.7 Å². The average molecular weight is 185 g/mol. The first-order valence-corrected chi connectivity index (χ1v) is 3.94. The maximum atomic E-state index is 12.8. The van der Waals surface area contributed by atoms with Gasteiger partial charge in [0.1, 0.15) is 0 Å². The molecule has 1 rings (SSSR count). The van der Waals surface area contributed by atoms with Gasteiger partial charge in [0.15, 0.2) is 11.6 Å². The highest BCUT2D eigenvalue weighted by molar-refractivity contribution is 5.30. The molecule has 1 aromatic rings. The molecule has 0 saturated heterocycles. The van der Waals surface area contributed by atoms with Crippen LogP contribution in [0, 0.1) is 5.82 Å². The maximum absolute atomic E-state index is 12.8. The van der Waals surface area contributed by atoms with Gasteiger partial charge in [0.25, 0.3) is 0 Å². The summed E-state index contributed by atoms with van der Waals surface area (Å²) in [6.45, 7) is 1.52. The Bertz CT molecular complexity index is 302. The Hall–Kier alpha value is -1.13. The number of aliphatic hydroxyl groups excluding tert-OH is 1. The van der Waals surface area contributed by atoms with Gasteiger partial charge in [-0.1, -0.05) is 6.07 Å². The van der Waals surface area contributed by atoms with Crippen LogP contribution in [0.25, 0.3) is 0 Å². The summed E-state index contributed by atoms with van der Waals surface area (Å²) < 4.78 is 12.8. The predicted molar refractivity (Wildman–Crippen MR) is 46.7 cm³/mol. The molecular formula is C9H12FNO2. The molecule has 1 aromatic carbocycles. The zero-order valence-corrected chi connectivity index (χ0v) is 7.24. The lowest BCUT2D eigenvalue weighted by Gasteiger charge is -2.14. The highest BCUT2D eigenvalue weighted by Gasteiger charge is 2.13. The first kappa shape index (κ1) is 9.95. The molecule has 0 amide bonds. The summed E-state index contributed by atoms with van der Waals surface area (Å²) in [6, 6.07) is 3.19. The number of halogens is 1. The quantitative estimate of drug-likeness (QED) is 0.641. The molecule has 0 aliphatic heterocycles. The number of rotatable bonds is 2. The van der Waals surface area contributed by atoms with Crippen molar-refractivity contribution in [1.29, 1.82) is 0 Å². The van der Waals surface area contributed by atoms with Gasteiger partial charge in [-0.25, -0.2) is 4.39 Å². The van der Waals surface area contributed by atoms with E-state index in [1.165, 1.54) is 19.1 Å². The Kier molecular flexibility index (Phi) is 2.85. The highest BCUT2D eigenvalue weighted by Crippen LogP contribution is 2.21. The first-order chi connectivity index (χ1) is 6.02. The van der Waals surface area contributed by atoms with Gasteiger partial charge in [-0.05, 0) is 24.6 Å². The summed E-state index contributed by atoms with van der Waals surface area (Å²) in [5.41, 5.74) is 6.02. The Balaban J connectivity index is 2.97. The molecular weight excluding hydrogens is 173 g/mol. The molecule has 0 saturated carbocycles. The Morgan fingerprint density at radius 1 is 1.46 bits per heavy atom. The van der Waals surface area contributed by atoms with E-state index in [2.05, 4.69) is 0 Å². The third-order valence-electron chi connectivity index (χ3n) is 1.88. The van der Waals surface area contributed by atoms with Gasteiger partial charge in [0.2, 0.25) is 0 Å². The SMILES string of the molecule is CC(O)[C@H](N)c1ccc(O)c(F)c1. The lowest BCUT2D eigenvalue weighted by atomic mass is 10.0.